The predicted octanol–water partition coefficient (Wildman–Crippen LogP) is 1.72. The number of amides is 1. The molecule has 3 N–H and O–H groups in total. The molecule has 3 aliphatic rings. The lowest BCUT2D eigenvalue weighted by Crippen LogP contribution is -2.61. The molecule has 1 saturated heterocycles. The average molecular weight is 460 g/mol. The number of rotatable bonds is 2. The van der Waals surface area contributed by atoms with Gasteiger partial charge in [0.15, 0.2) is 5.78 Å². The predicted molar refractivity (Wildman–Crippen MR) is 122 cm³/mol. The maximum absolute atomic E-state index is 13.4. The van der Waals surface area contributed by atoms with E-state index < -0.39 is 59.1 Å². The second-order valence-corrected chi connectivity index (χ2v) is 8.99. The number of hydrogen-bond acceptors (Lipinski definition) is 7. The standard InChI is InChI=1S/C25H33NO7/c1-14-6-9-18(28)10-8-15(2)12-21(26-23(31)17(4)27)25(5)22(30)16(3)20(33-24(25)32)13-19(29)11-7-14/h6-8,10-12,16,18-21,28-29H,9,13H2,1-5H3,(H,26,31)/b10-8-,11-7+,14-6+,15-12-/t16-,18-,19-,20?,21+,25+/m1/s1. The number of carbonyl (C=O) groups excluding carboxylic acids is 4. The number of ketones is 2. The van der Waals surface area contributed by atoms with Crippen molar-refractivity contribution in [3.05, 3.63) is 47.6 Å². The lowest BCUT2D eigenvalue weighted by molar-refractivity contribution is -0.181. The van der Waals surface area contributed by atoms with E-state index in [0.717, 1.165) is 12.5 Å². The summed E-state index contributed by atoms with van der Waals surface area (Å²) in [5.41, 5.74) is -0.371. The summed E-state index contributed by atoms with van der Waals surface area (Å²) in [5.74, 6) is -3.74. The van der Waals surface area contributed by atoms with Crippen molar-refractivity contribution in [2.45, 2.75) is 71.8 Å². The second kappa shape index (κ2) is 10.9. The van der Waals surface area contributed by atoms with Gasteiger partial charge in [0, 0.05) is 13.3 Å². The molecule has 1 aliphatic carbocycles. The molecule has 8 heteroatoms. The third-order valence-corrected chi connectivity index (χ3v) is 6.14. The van der Waals surface area contributed by atoms with Crippen molar-refractivity contribution in [3.63, 3.8) is 0 Å². The van der Waals surface area contributed by atoms with Gasteiger partial charge in [-0.25, -0.2) is 0 Å². The first kappa shape index (κ1) is 26.4. The zero-order chi connectivity index (χ0) is 24.9. The van der Waals surface area contributed by atoms with Crippen molar-refractivity contribution < 1.29 is 34.1 Å². The van der Waals surface area contributed by atoms with Crippen molar-refractivity contribution in [3.8, 4) is 0 Å². The smallest absolute Gasteiger partial charge is 0.322 e. The number of carbonyl (C=O) groups is 4. The van der Waals surface area contributed by atoms with Crippen LogP contribution in [0.25, 0.3) is 0 Å². The molecular weight excluding hydrogens is 426 g/mol. The van der Waals surface area contributed by atoms with Crippen molar-refractivity contribution in [1.82, 2.24) is 5.32 Å². The summed E-state index contributed by atoms with van der Waals surface area (Å²) < 4.78 is 5.59. The zero-order valence-electron chi connectivity index (χ0n) is 19.7. The van der Waals surface area contributed by atoms with Crippen LogP contribution in [-0.4, -0.2) is 58.0 Å². The molecule has 0 saturated carbocycles. The first-order valence-corrected chi connectivity index (χ1v) is 11.0. The topological polar surface area (TPSA) is 130 Å². The molecule has 0 aromatic heterocycles. The molecule has 6 atom stereocenters. The largest absolute Gasteiger partial charge is 0.461 e. The van der Waals surface area contributed by atoms with Crippen LogP contribution in [0, 0.1) is 11.3 Å². The molecule has 0 spiro atoms. The summed E-state index contributed by atoms with van der Waals surface area (Å²) in [6.45, 7) is 7.62. The van der Waals surface area contributed by atoms with Crippen LogP contribution in [0.5, 0.6) is 0 Å². The Morgan fingerprint density at radius 2 is 1.70 bits per heavy atom. The fourth-order valence-electron chi connectivity index (χ4n) is 3.85. The van der Waals surface area contributed by atoms with Gasteiger partial charge in [-0.3, -0.25) is 19.2 Å². The van der Waals surface area contributed by atoms with Gasteiger partial charge in [0.25, 0.3) is 5.91 Å². The van der Waals surface area contributed by atoms with Crippen molar-refractivity contribution in [2.75, 3.05) is 0 Å². The van der Waals surface area contributed by atoms with Crippen LogP contribution >= 0.6 is 0 Å². The van der Waals surface area contributed by atoms with E-state index in [4.69, 9.17) is 4.74 Å². The minimum absolute atomic E-state index is 0.0298. The highest BCUT2D eigenvalue weighted by molar-refractivity contribution is 6.35. The molecule has 2 bridgehead atoms. The van der Waals surface area contributed by atoms with Gasteiger partial charge in [-0.2, -0.15) is 0 Å². The molecule has 0 aromatic rings. The molecular formula is C25H33NO7. The first-order valence-electron chi connectivity index (χ1n) is 11.0. The summed E-state index contributed by atoms with van der Waals surface area (Å²) >= 11 is 0. The molecule has 1 unspecified atom stereocenters. The van der Waals surface area contributed by atoms with E-state index in [2.05, 4.69) is 5.32 Å². The Labute approximate surface area is 194 Å². The van der Waals surface area contributed by atoms with Gasteiger partial charge < -0.3 is 20.3 Å². The van der Waals surface area contributed by atoms with Gasteiger partial charge in [0.1, 0.15) is 11.5 Å². The Morgan fingerprint density at radius 1 is 1.09 bits per heavy atom. The van der Waals surface area contributed by atoms with Crippen LogP contribution in [0.3, 0.4) is 0 Å². The average Bonchev–Trinajstić information content (AvgIpc) is 2.75. The van der Waals surface area contributed by atoms with Gasteiger partial charge in [0.2, 0.25) is 5.78 Å². The van der Waals surface area contributed by atoms with E-state index in [0.29, 0.717) is 12.0 Å². The summed E-state index contributed by atoms with van der Waals surface area (Å²) in [6.07, 6.45) is 7.54. The molecule has 2 heterocycles. The number of esters is 1. The number of hydrogen-bond donors (Lipinski definition) is 3. The number of aliphatic hydroxyl groups excluding tert-OH is 2. The highest BCUT2D eigenvalue weighted by Crippen LogP contribution is 2.38. The fraction of sp³-hybridized carbons (Fsp3) is 0.520. The summed E-state index contributed by atoms with van der Waals surface area (Å²) in [4.78, 5) is 50.3. The van der Waals surface area contributed by atoms with Crippen LogP contribution in [0.1, 0.15) is 47.5 Å². The van der Waals surface area contributed by atoms with Gasteiger partial charge in [-0.05, 0) is 27.2 Å². The molecule has 33 heavy (non-hydrogen) atoms. The maximum Gasteiger partial charge on any atom is 0.322 e. The normalized spacial score (nSPS) is 38.7. The van der Waals surface area contributed by atoms with Crippen LogP contribution in [-0.2, 0) is 23.9 Å². The minimum atomic E-state index is -1.78. The molecule has 2 aliphatic heterocycles. The van der Waals surface area contributed by atoms with Gasteiger partial charge in [0.05, 0.1) is 24.2 Å². The number of Topliss-reactive ketones (excluding diaryl/α,β-unsaturated/α-hetero) is 2. The van der Waals surface area contributed by atoms with Gasteiger partial charge >= 0.3 is 5.97 Å². The molecule has 0 radical (unpaired) electrons. The van der Waals surface area contributed by atoms with E-state index in [1.807, 2.05) is 13.0 Å². The summed E-state index contributed by atoms with van der Waals surface area (Å²) in [5, 5.41) is 23.1. The second-order valence-electron chi connectivity index (χ2n) is 8.99. The lowest BCUT2D eigenvalue weighted by Gasteiger charge is -2.42. The third-order valence-electron chi connectivity index (χ3n) is 6.14. The summed E-state index contributed by atoms with van der Waals surface area (Å²) in [6, 6.07) is -1.15. The van der Waals surface area contributed by atoms with E-state index in [1.54, 1.807) is 38.2 Å². The first-order chi connectivity index (χ1) is 15.4. The van der Waals surface area contributed by atoms with Crippen LogP contribution < -0.4 is 5.32 Å². The van der Waals surface area contributed by atoms with E-state index in [1.165, 1.54) is 13.0 Å². The molecule has 180 valence electrons. The molecule has 8 nitrogen and oxygen atoms in total. The molecule has 3 rings (SSSR count). The molecule has 0 aromatic carbocycles. The number of aliphatic hydroxyl groups is 2. The van der Waals surface area contributed by atoms with Gasteiger partial charge in [-0.15, -0.1) is 0 Å². The Kier molecular flexibility index (Phi) is 8.69. The van der Waals surface area contributed by atoms with Crippen LogP contribution in [0.4, 0.5) is 0 Å². The van der Waals surface area contributed by atoms with Crippen molar-refractivity contribution in [1.29, 1.82) is 0 Å². The molecule has 1 fully saturated rings. The van der Waals surface area contributed by atoms with Crippen LogP contribution in [0.15, 0.2) is 47.6 Å². The highest BCUT2D eigenvalue weighted by atomic mass is 16.5. The minimum Gasteiger partial charge on any atom is -0.461 e. The number of nitrogens with one attached hydrogen (secondary N) is 1. The lowest BCUT2D eigenvalue weighted by atomic mass is 9.69. The molecule has 1 amide bonds. The Morgan fingerprint density at radius 3 is 2.33 bits per heavy atom. The fourth-order valence-corrected chi connectivity index (χ4v) is 3.85. The number of allylic oxidation sites excluding steroid dienone is 4. The third kappa shape index (κ3) is 6.36. The van der Waals surface area contributed by atoms with Gasteiger partial charge in [-0.1, -0.05) is 54.5 Å². The quantitative estimate of drug-likeness (QED) is 0.326. The van der Waals surface area contributed by atoms with Crippen molar-refractivity contribution >= 4 is 23.4 Å². The van der Waals surface area contributed by atoms with E-state index in [-0.39, 0.29) is 6.42 Å². The monoisotopic (exact) mass is 459 g/mol. The zero-order valence-corrected chi connectivity index (χ0v) is 19.7. The Balaban J connectivity index is 2.57. The number of fused-ring (bicyclic) bond motifs is 10. The van der Waals surface area contributed by atoms with E-state index >= 15 is 0 Å². The maximum atomic E-state index is 13.4. The van der Waals surface area contributed by atoms with Crippen molar-refractivity contribution in [2.24, 2.45) is 11.3 Å². The highest BCUT2D eigenvalue weighted by Gasteiger charge is 2.56. The Bertz CT molecular complexity index is 929. The summed E-state index contributed by atoms with van der Waals surface area (Å²) in [7, 11) is 0. The number of ether oxygens (including phenoxy) is 1. The SMILES string of the molecule is CC(=O)C(=O)N[C@H]1/C=C(C)\C=C/[C@H](O)C/C=C(C)/C=C/[C@@H](O)CC2OC(=O)[C@]1(C)C(=O)[C@@H]2C. The van der Waals surface area contributed by atoms with E-state index in [9.17, 15) is 29.4 Å². The van der Waals surface area contributed by atoms with Crippen LogP contribution in [0.2, 0.25) is 0 Å². The Hall–Kier alpha value is -2.84.